The second-order valence-corrected chi connectivity index (χ2v) is 4.23. The van der Waals surface area contributed by atoms with Gasteiger partial charge >= 0.3 is 0 Å². The summed E-state index contributed by atoms with van der Waals surface area (Å²) in [6.07, 6.45) is 4.85. The third-order valence-corrected chi connectivity index (χ3v) is 2.45. The van der Waals surface area contributed by atoms with Gasteiger partial charge in [-0.1, -0.05) is 40.5 Å². The van der Waals surface area contributed by atoms with E-state index in [1.165, 1.54) is 25.7 Å². The van der Waals surface area contributed by atoms with Crippen molar-refractivity contribution < 1.29 is 0 Å². The average molecular weight is 198 g/mol. The Morgan fingerprint density at radius 1 is 1.07 bits per heavy atom. The lowest BCUT2D eigenvalue weighted by Gasteiger charge is -2.27. The molecule has 2 nitrogen and oxygen atoms in total. The number of unbranched alkanes of at least 4 members (excludes halogenated alkanes) is 2. The van der Waals surface area contributed by atoms with E-state index in [2.05, 4.69) is 32.6 Å². The Bertz CT molecular complexity index is 144. The Morgan fingerprint density at radius 2 is 1.50 bits per heavy atom. The van der Waals surface area contributed by atoms with Gasteiger partial charge in [0.05, 0.1) is 5.84 Å². The highest BCUT2D eigenvalue weighted by Gasteiger charge is 2.11. The number of hydrogen-bond acceptors (Lipinski definition) is 1. The first kappa shape index (κ1) is 13.5. The summed E-state index contributed by atoms with van der Waals surface area (Å²) >= 11 is 0. The van der Waals surface area contributed by atoms with Crippen LogP contribution in [0.5, 0.6) is 0 Å². The zero-order valence-electron chi connectivity index (χ0n) is 10.3. The zero-order valence-corrected chi connectivity index (χ0v) is 10.3. The van der Waals surface area contributed by atoms with Gasteiger partial charge in [0.15, 0.2) is 0 Å². The molecule has 0 radical (unpaired) electrons. The molecule has 0 saturated carbocycles. The van der Waals surface area contributed by atoms with Gasteiger partial charge in [0.1, 0.15) is 0 Å². The first-order valence-corrected chi connectivity index (χ1v) is 5.96. The highest BCUT2D eigenvalue weighted by molar-refractivity contribution is 5.80. The molecule has 84 valence electrons. The molecule has 0 heterocycles. The van der Waals surface area contributed by atoms with E-state index in [9.17, 15) is 0 Å². The van der Waals surface area contributed by atoms with Crippen molar-refractivity contribution in [3.05, 3.63) is 0 Å². The largest absolute Gasteiger partial charge is 0.360 e. The maximum atomic E-state index is 7.98. The van der Waals surface area contributed by atoms with Crippen LogP contribution in [0.3, 0.4) is 0 Å². The van der Waals surface area contributed by atoms with Crippen molar-refractivity contribution in [2.75, 3.05) is 13.1 Å². The van der Waals surface area contributed by atoms with Crippen molar-refractivity contribution in [3.63, 3.8) is 0 Å². The van der Waals surface area contributed by atoms with Crippen LogP contribution in [0.4, 0.5) is 0 Å². The minimum absolute atomic E-state index is 0.365. The van der Waals surface area contributed by atoms with Gasteiger partial charge in [-0.25, -0.2) is 0 Å². The number of amidine groups is 1. The topological polar surface area (TPSA) is 27.1 Å². The summed E-state index contributed by atoms with van der Waals surface area (Å²) < 4.78 is 0. The Hall–Kier alpha value is -0.530. The third-order valence-electron chi connectivity index (χ3n) is 2.45. The summed E-state index contributed by atoms with van der Waals surface area (Å²) in [5.74, 6) is 1.18. The third kappa shape index (κ3) is 5.25. The second-order valence-electron chi connectivity index (χ2n) is 4.23. The van der Waals surface area contributed by atoms with Gasteiger partial charge in [-0.15, -0.1) is 0 Å². The van der Waals surface area contributed by atoms with Crippen LogP contribution in [-0.2, 0) is 0 Å². The van der Waals surface area contributed by atoms with E-state index in [-0.39, 0.29) is 0 Å². The van der Waals surface area contributed by atoms with E-state index in [1.807, 2.05) is 0 Å². The summed E-state index contributed by atoms with van der Waals surface area (Å²) in [4.78, 5) is 2.25. The summed E-state index contributed by atoms with van der Waals surface area (Å²) in [5.41, 5.74) is 0. The number of rotatable bonds is 7. The minimum atomic E-state index is 0.365. The fourth-order valence-electron chi connectivity index (χ4n) is 1.42. The highest BCUT2D eigenvalue weighted by Crippen LogP contribution is 2.06. The molecule has 0 atom stereocenters. The molecule has 0 aliphatic rings. The van der Waals surface area contributed by atoms with Gasteiger partial charge in [-0.05, 0) is 12.8 Å². The van der Waals surface area contributed by atoms with E-state index >= 15 is 0 Å². The van der Waals surface area contributed by atoms with Crippen LogP contribution >= 0.6 is 0 Å². The summed E-state index contributed by atoms with van der Waals surface area (Å²) in [5, 5.41) is 7.98. The quantitative estimate of drug-likeness (QED) is 0.492. The SMILES string of the molecule is CCCCN(CCCC)C(=N)C(C)C. The van der Waals surface area contributed by atoms with E-state index in [4.69, 9.17) is 5.41 Å². The molecule has 0 aromatic heterocycles. The lowest BCUT2D eigenvalue weighted by molar-refractivity contribution is 0.379. The van der Waals surface area contributed by atoms with Crippen LogP contribution in [0.2, 0.25) is 0 Å². The standard InChI is InChI=1S/C12H26N2/c1-5-7-9-14(10-8-6-2)12(13)11(3)4/h11,13H,5-10H2,1-4H3. The molecule has 0 fully saturated rings. The second kappa shape index (κ2) is 7.84. The van der Waals surface area contributed by atoms with Crippen molar-refractivity contribution >= 4 is 5.84 Å². The summed E-state index contributed by atoms with van der Waals surface area (Å²) in [6.45, 7) is 10.7. The summed E-state index contributed by atoms with van der Waals surface area (Å²) in [6, 6.07) is 0. The van der Waals surface area contributed by atoms with Crippen molar-refractivity contribution in [1.82, 2.24) is 4.90 Å². The predicted octanol–water partition coefficient (Wildman–Crippen LogP) is 3.52. The van der Waals surface area contributed by atoms with Crippen molar-refractivity contribution in [2.45, 2.75) is 53.4 Å². The molecule has 2 heteroatoms. The lowest BCUT2D eigenvalue weighted by atomic mass is 10.1. The van der Waals surface area contributed by atoms with E-state index in [0.29, 0.717) is 5.92 Å². The van der Waals surface area contributed by atoms with Gasteiger partial charge in [-0.3, -0.25) is 5.41 Å². The monoisotopic (exact) mass is 198 g/mol. The first-order chi connectivity index (χ1) is 6.63. The lowest BCUT2D eigenvalue weighted by Crippen LogP contribution is -2.35. The van der Waals surface area contributed by atoms with Crippen molar-refractivity contribution in [2.24, 2.45) is 5.92 Å². The minimum Gasteiger partial charge on any atom is -0.360 e. The maximum Gasteiger partial charge on any atom is 0.0983 e. The molecule has 0 spiro atoms. The molecule has 0 saturated heterocycles. The molecule has 0 aliphatic carbocycles. The molecule has 0 bridgehead atoms. The number of hydrogen-bond donors (Lipinski definition) is 1. The molecule has 0 amide bonds. The highest BCUT2D eigenvalue weighted by atomic mass is 15.2. The molecular weight excluding hydrogens is 172 g/mol. The Kier molecular flexibility index (Phi) is 7.54. The Morgan fingerprint density at radius 3 is 1.79 bits per heavy atom. The van der Waals surface area contributed by atoms with Crippen LogP contribution in [0.1, 0.15) is 53.4 Å². The van der Waals surface area contributed by atoms with Crippen molar-refractivity contribution in [1.29, 1.82) is 5.41 Å². The molecule has 14 heavy (non-hydrogen) atoms. The van der Waals surface area contributed by atoms with E-state index < -0.39 is 0 Å². The fourth-order valence-corrected chi connectivity index (χ4v) is 1.42. The predicted molar refractivity (Wildman–Crippen MR) is 64.0 cm³/mol. The number of nitrogens with one attached hydrogen (secondary N) is 1. The van der Waals surface area contributed by atoms with Crippen LogP contribution in [0.15, 0.2) is 0 Å². The van der Waals surface area contributed by atoms with E-state index in [1.54, 1.807) is 0 Å². The molecule has 0 rings (SSSR count). The van der Waals surface area contributed by atoms with Gasteiger partial charge in [0.25, 0.3) is 0 Å². The molecule has 0 aromatic carbocycles. The van der Waals surface area contributed by atoms with E-state index in [0.717, 1.165) is 18.9 Å². The van der Waals surface area contributed by atoms with Gasteiger partial charge < -0.3 is 4.90 Å². The van der Waals surface area contributed by atoms with Crippen LogP contribution in [0.25, 0.3) is 0 Å². The molecule has 0 unspecified atom stereocenters. The van der Waals surface area contributed by atoms with Crippen LogP contribution in [0, 0.1) is 11.3 Å². The van der Waals surface area contributed by atoms with Gasteiger partial charge in [0.2, 0.25) is 0 Å². The van der Waals surface area contributed by atoms with Crippen molar-refractivity contribution in [3.8, 4) is 0 Å². The fraction of sp³-hybridized carbons (Fsp3) is 0.917. The number of nitrogens with zero attached hydrogens (tertiary/aromatic N) is 1. The molecular formula is C12H26N2. The Balaban J connectivity index is 4.01. The maximum absolute atomic E-state index is 7.98. The van der Waals surface area contributed by atoms with Gasteiger partial charge in [0, 0.05) is 19.0 Å². The average Bonchev–Trinajstić information content (AvgIpc) is 2.17. The molecule has 0 aromatic rings. The zero-order chi connectivity index (χ0) is 11.0. The van der Waals surface area contributed by atoms with Crippen LogP contribution < -0.4 is 0 Å². The normalized spacial score (nSPS) is 10.6. The molecule has 1 N–H and O–H groups in total. The first-order valence-electron chi connectivity index (χ1n) is 5.96. The van der Waals surface area contributed by atoms with Gasteiger partial charge in [-0.2, -0.15) is 0 Å². The van der Waals surface area contributed by atoms with Crippen LogP contribution in [-0.4, -0.2) is 23.8 Å². The molecule has 0 aliphatic heterocycles. The smallest absolute Gasteiger partial charge is 0.0983 e. The summed E-state index contributed by atoms with van der Waals surface area (Å²) in [7, 11) is 0. The Labute approximate surface area is 89.2 Å².